The van der Waals surface area contributed by atoms with Crippen molar-refractivity contribution >= 4 is 23.4 Å². The van der Waals surface area contributed by atoms with Crippen LogP contribution >= 0.6 is 11.6 Å². The molecule has 2 aliphatic rings. The van der Waals surface area contributed by atoms with Crippen molar-refractivity contribution in [1.29, 1.82) is 0 Å². The highest BCUT2D eigenvalue weighted by molar-refractivity contribution is 6.32. The van der Waals surface area contributed by atoms with Gasteiger partial charge in [0, 0.05) is 26.1 Å². The molecule has 136 valence electrons. The lowest BCUT2D eigenvalue weighted by molar-refractivity contribution is -0.119. The van der Waals surface area contributed by atoms with Crippen LogP contribution in [0.1, 0.15) is 28.9 Å². The van der Waals surface area contributed by atoms with Crippen LogP contribution in [0, 0.1) is 11.8 Å². The first kappa shape index (κ1) is 17.0. The molecule has 2 aliphatic heterocycles. The largest absolute Gasteiger partial charge is 0.356 e. The van der Waals surface area contributed by atoms with E-state index < -0.39 is 0 Å². The van der Waals surface area contributed by atoms with E-state index in [1.165, 1.54) is 4.68 Å². The Morgan fingerprint density at radius 1 is 1.27 bits per heavy atom. The lowest BCUT2D eigenvalue weighted by atomic mass is 9.91. The monoisotopic (exact) mass is 373 g/mol. The molecule has 2 unspecified atom stereocenters. The minimum atomic E-state index is -0.186. The lowest BCUT2D eigenvalue weighted by Crippen LogP contribution is -2.30. The Morgan fingerprint density at radius 3 is 2.81 bits per heavy atom. The van der Waals surface area contributed by atoms with Gasteiger partial charge in [0.15, 0.2) is 10.8 Å². The molecule has 26 heavy (non-hydrogen) atoms. The fourth-order valence-electron chi connectivity index (χ4n) is 3.76. The van der Waals surface area contributed by atoms with E-state index in [1.54, 1.807) is 4.90 Å². The van der Waals surface area contributed by atoms with Gasteiger partial charge < -0.3 is 10.2 Å². The molecule has 2 amide bonds. The van der Waals surface area contributed by atoms with E-state index in [4.69, 9.17) is 11.6 Å². The van der Waals surface area contributed by atoms with Crippen LogP contribution < -0.4 is 5.32 Å². The van der Waals surface area contributed by atoms with Crippen molar-refractivity contribution in [1.82, 2.24) is 25.2 Å². The van der Waals surface area contributed by atoms with Crippen LogP contribution in [0.3, 0.4) is 0 Å². The number of nitrogens with one attached hydrogen (secondary N) is 1. The molecule has 0 saturated carbocycles. The standard InChI is InChI=1S/C18H20ClN5O2/c19-17-16(21-22-24(17)10-12-4-2-1-3-5-12)18(26)23-7-6-13(11-23)14-8-15(25)20-9-14/h1-5,13-14H,6-11H2,(H,20,25). The van der Waals surface area contributed by atoms with Crippen molar-refractivity contribution in [2.24, 2.45) is 11.8 Å². The molecule has 2 aromatic rings. The van der Waals surface area contributed by atoms with Gasteiger partial charge in [0.2, 0.25) is 5.91 Å². The second-order valence-corrected chi connectivity index (χ2v) is 7.30. The predicted octanol–water partition coefficient (Wildman–Crippen LogP) is 1.58. The number of amides is 2. The van der Waals surface area contributed by atoms with Gasteiger partial charge in [-0.1, -0.05) is 47.1 Å². The van der Waals surface area contributed by atoms with Crippen LogP contribution in [0.5, 0.6) is 0 Å². The Labute approximate surface area is 156 Å². The Hall–Kier alpha value is -2.41. The maximum absolute atomic E-state index is 12.8. The molecule has 2 saturated heterocycles. The zero-order chi connectivity index (χ0) is 18.1. The van der Waals surface area contributed by atoms with Crippen LogP contribution in [-0.4, -0.2) is 51.3 Å². The van der Waals surface area contributed by atoms with Crippen LogP contribution in [0.15, 0.2) is 30.3 Å². The molecule has 2 fully saturated rings. The summed E-state index contributed by atoms with van der Waals surface area (Å²) in [7, 11) is 0. The van der Waals surface area contributed by atoms with Crippen LogP contribution in [0.4, 0.5) is 0 Å². The average Bonchev–Trinajstić information content (AvgIpc) is 3.37. The maximum atomic E-state index is 12.8. The molecular weight excluding hydrogens is 354 g/mol. The topological polar surface area (TPSA) is 80.1 Å². The predicted molar refractivity (Wildman–Crippen MR) is 95.7 cm³/mol. The highest BCUT2D eigenvalue weighted by Crippen LogP contribution is 2.30. The summed E-state index contributed by atoms with van der Waals surface area (Å²) in [4.78, 5) is 26.0. The van der Waals surface area contributed by atoms with E-state index in [-0.39, 0.29) is 22.7 Å². The van der Waals surface area contributed by atoms with Crippen LogP contribution in [0.2, 0.25) is 5.15 Å². The van der Waals surface area contributed by atoms with E-state index in [2.05, 4.69) is 15.6 Å². The molecule has 7 nitrogen and oxygen atoms in total. The van der Waals surface area contributed by atoms with E-state index in [9.17, 15) is 9.59 Å². The SMILES string of the molecule is O=C1CC(C2CCN(C(=O)c3nnn(Cc4ccccc4)c3Cl)C2)CN1. The molecule has 0 radical (unpaired) electrons. The van der Waals surface area contributed by atoms with Gasteiger partial charge in [0.05, 0.1) is 6.54 Å². The summed E-state index contributed by atoms with van der Waals surface area (Å²) in [6.07, 6.45) is 1.46. The summed E-state index contributed by atoms with van der Waals surface area (Å²) >= 11 is 6.37. The van der Waals surface area contributed by atoms with Gasteiger partial charge in [-0.05, 0) is 23.8 Å². The Balaban J connectivity index is 1.43. The molecular formula is C18H20ClN5O2. The van der Waals surface area contributed by atoms with Gasteiger partial charge in [0.1, 0.15) is 0 Å². The third-order valence-electron chi connectivity index (χ3n) is 5.24. The fraction of sp³-hybridized carbons (Fsp3) is 0.444. The first-order chi connectivity index (χ1) is 12.6. The van der Waals surface area contributed by atoms with Gasteiger partial charge in [-0.15, -0.1) is 5.10 Å². The summed E-state index contributed by atoms with van der Waals surface area (Å²) < 4.78 is 1.54. The number of benzene rings is 1. The number of carbonyl (C=O) groups excluding carboxylic acids is 2. The van der Waals surface area contributed by atoms with E-state index in [1.807, 2.05) is 30.3 Å². The maximum Gasteiger partial charge on any atom is 0.277 e. The normalized spacial score (nSPS) is 22.7. The molecule has 0 aliphatic carbocycles. The van der Waals surface area contributed by atoms with Crippen molar-refractivity contribution in [3.63, 3.8) is 0 Å². The molecule has 1 aromatic carbocycles. The van der Waals surface area contributed by atoms with E-state index in [0.717, 1.165) is 12.0 Å². The molecule has 2 atom stereocenters. The van der Waals surface area contributed by atoms with Crippen molar-refractivity contribution in [3.8, 4) is 0 Å². The molecule has 8 heteroatoms. The summed E-state index contributed by atoms with van der Waals surface area (Å²) in [5.41, 5.74) is 1.24. The molecule has 1 N–H and O–H groups in total. The summed E-state index contributed by atoms with van der Waals surface area (Å²) in [5.74, 6) is 0.571. The quantitative estimate of drug-likeness (QED) is 0.882. The Kier molecular flexibility index (Phi) is 4.63. The Morgan fingerprint density at radius 2 is 2.08 bits per heavy atom. The van der Waals surface area contributed by atoms with Gasteiger partial charge in [-0.2, -0.15) is 0 Å². The molecule has 3 heterocycles. The van der Waals surface area contributed by atoms with E-state index in [0.29, 0.717) is 44.4 Å². The van der Waals surface area contributed by atoms with Crippen molar-refractivity contribution in [2.75, 3.05) is 19.6 Å². The Bertz CT molecular complexity index is 822. The van der Waals surface area contributed by atoms with Crippen molar-refractivity contribution < 1.29 is 9.59 Å². The zero-order valence-electron chi connectivity index (χ0n) is 14.3. The van der Waals surface area contributed by atoms with Crippen molar-refractivity contribution in [2.45, 2.75) is 19.4 Å². The van der Waals surface area contributed by atoms with Crippen molar-refractivity contribution in [3.05, 3.63) is 46.7 Å². The minimum Gasteiger partial charge on any atom is -0.356 e. The first-order valence-corrected chi connectivity index (χ1v) is 9.18. The summed E-state index contributed by atoms with van der Waals surface area (Å²) in [5, 5.41) is 11.2. The number of nitrogens with zero attached hydrogens (tertiary/aromatic N) is 4. The van der Waals surface area contributed by atoms with Gasteiger partial charge in [-0.3, -0.25) is 9.59 Å². The highest BCUT2D eigenvalue weighted by atomic mass is 35.5. The summed E-state index contributed by atoms with van der Waals surface area (Å²) in [6, 6.07) is 9.78. The van der Waals surface area contributed by atoms with Gasteiger partial charge >= 0.3 is 0 Å². The zero-order valence-corrected chi connectivity index (χ0v) is 15.0. The minimum absolute atomic E-state index is 0.103. The second kappa shape index (κ2) is 7.07. The van der Waals surface area contributed by atoms with Gasteiger partial charge in [0.25, 0.3) is 5.91 Å². The molecule has 4 rings (SSSR count). The lowest BCUT2D eigenvalue weighted by Gasteiger charge is -2.18. The number of aromatic nitrogens is 3. The smallest absolute Gasteiger partial charge is 0.277 e. The number of halogens is 1. The van der Waals surface area contributed by atoms with Crippen LogP contribution in [-0.2, 0) is 11.3 Å². The molecule has 0 bridgehead atoms. The molecule has 1 aromatic heterocycles. The number of carbonyl (C=O) groups is 2. The summed E-state index contributed by atoms with van der Waals surface area (Å²) in [6.45, 7) is 2.48. The first-order valence-electron chi connectivity index (χ1n) is 8.80. The average molecular weight is 374 g/mol. The third-order valence-corrected chi connectivity index (χ3v) is 5.61. The second-order valence-electron chi connectivity index (χ2n) is 6.94. The third kappa shape index (κ3) is 3.31. The highest BCUT2D eigenvalue weighted by Gasteiger charge is 2.37. The fourth-order valence-corrected chi connectivity index (χ4v) is 3.97. The van der Waals surface area contributed by atoms with Crippen LogP contribution in [0.25, 0.3) is 0 Å². The number of hydrogen-bond donors (Lipinski definition) is 1. The number of hydrogen-bond acceptors (Lipinski definition) is 4. The number of likely N-dealkylation sites (tertiary alicyclic amines) is 1. The molecule has 0 spiro atoms. The number of rotatable bonds is 4. The van der Waals surface area contributed by atoms with E-state index >= 15 is 0 Å². The van der Waals surface area contributed by atoms with Gasteiger partial charge in [-0.25, -0.2) is 4.68 Å².